The number of fused-ring (bicyclic) bond motifs is 1. The van der Waals surface area contributed by atoms with Crippen LogP contribution in [0, 0.1) is 0 Å². The van der Waals surface area contributed by atoms with Gasteiger partial charge in [0.25, 0.3) is 11.5 Å². The molecule has 0 saturated carbocycles. The summed E-state index contributed by atoms with van der Waals surface area (Å²) >= 11 is 0. The Bertz CT molecular complexity index is 944. The molecule has 0 fully saturated rings. The van der Waals surface area contributed by atoms with Gasteiger partial charge in [-0.25, -0.2) is 0 Å². The molecule has 0 radical (unpaired) electrons. The van der Waals surface area contributed by atoms with Crippen LogP contribution in [0.4, 0.5) is 18.9 Å². The molecule has 6 nitrogen and oxygen atoms in total. The summed E-state index contributed by atoms with van der Waals surface area (Å²) in [5, 5.41) is 2.10. The van der Waals surface area contributed by atoms with Crippen LogP contribution >= 0.6 is 0 Å². The Morgan fingerprint density at radius 1 is 1.19 bits per heavy atom. The Morgan fingerprint density at radius 3 is 2.46 bits per heavy atom. The van der Waals surface area contributed by atoms with E-state index in [2.05, 4.69) is 11.9 Å². The van der Waals surface area contributed by atoms with E-state index in [9.17, 15) is 27.6 Å². The molecular formula is C17H12F3N3O3. The highest BCUT2D eigenvalue weighted by Gasteiger charge is 2.33. The van der Waals surface area contributed by atoms with Gasteiger partial charge in [-0.3, -0.25) is 19.3 Å². The summed E-state index contributed by atoms with van der Waals surface area (Å²) in [6, 6.07) is 7.16. The molecule has 0 unspecified atom stereocenters. The predicted molar refractivity (Wildman–Crippen MR) is 87.2 cm³/mol. The van der Waals surface area contributed by atoms with Gasteiger partial charge in [0.1, 0.15) is 12.2 Å². The number of rotatable bonds is 3. The molecule has 0 aliphatic carbocycles. The van der Waals surface area contributed by atoms with Crippen LogP contribution in [-0.4, -0.2) is 28.2 Å². The number of halogens is 3. The maximum absolute atomic E-state index is 12.7. The predicted octanol–water partition coefficient (Wildman–Crippen LogP) is 2.46. The van der Waals surface area contributed by atoms with Gasteiger partial charge in [0.15, 0.2) is 0 Å². The number of amides is 2. The number of aromatic nitrogens is 1. The van der Waals surface area contributed by atoms with Crippen molar-refractivity contribution in [1.29, 1.82) is 0 Å². The number of nitrogens with zero attached hydrogens (tertiary/aromatic N) is 1. The second kappa shape index (κ2) is 6.17. The Balaban J connectivity index is 1.78. The first-order chi connectivity index (χ1) is 12.2. The number of nitrogens with one attached hydrogen (secondary N) is 2. The van der Waals surface area contributed by atoms with E-state index in [0.717, 1.165) is 4.90 Å². The molecule has 1 aliphatic heterocycles. The number of aromatic amines is 1. The van der Waals surface area contributed by atoms with E-state index in [4.69, 9.17) is 0 Å². The van der Waals surface area contributed by atoms with Crippen molar-refractivity contribution in [3.8, 4) is 0 Å². The van der Waals surface area contributed by atoms with Crippen LogP contribution in [0.15, 0.2) is 47.9 Å². The SMILES string of the molecule is C=C1c2ccccc2C(=O)N1CC(=O)Nc1cc(C(F)(F)F)c[nH]c1=O. The van der Waals surface area contributed by atoms with Crippen LogP contribution in [-0.2, 0) is 11.0 Å². The Hall–Kier alpha value is -3.36. The monoisotopic (exact) mass is 363 g/mol. The minimum absolute atomic E-state index is 0.304. The summed E-state index contributed by atoms with van der Waals surface area (Å²) in [6.07, 6.45) is -4.16. The zero-order valence-corrected chi connectivity index (χ0v) is 13.2. The van der Waals surface area contributed by atoms with Gasteiger partial charge in [0.05, 0.1) is 5.56 Å². The molecule has 2 amide bonds. The largest absolute Gasteiger partial charge is 0.417 e. The molecule has 0 saturated heterocycles. The van der Waals surface area contributed by atoms with E-state index < -0.39 is 41.3 Å². The molecule has 2 aromatic rings. The highest BCUT2D eigenvalue weighted by molar-refractivity contribution is 6.11. The zero-order chi connectivity index (χ0) is 19.1. The summed E-state index contributed by atoms with van der Waals surface area (Å²) in [4.78, 5) is 39.1. The summed E-state index contributed by atoms with van der Waals surface area (Å²) in [5.41, 5.74) is -1.30. The maximum Gasteiger partial charge on any atom is 0.417 e. The first-order valence-corrected chi connectivity index (χ1v) is 7.38. The van der Waals surface area contributed by atoms with Crippen molar-refractivity contribution in [3.63, 3.8) is 0 Å². The van der Waals surface area contributed by atoms with Gasteiger partial charge in [-0.2, -0.15) is 13.2 Å². The van der Waals surface area contributed by atoms with Crippen molar-refractivity contribution in [1.82, 2.24) is 9.88 Å². The van der Waals surface area contributed by atoms with Gasteiger partial charge in [0, 0.05) is 23.0 Å². The van der Waals surface area contributed by atoms with Crippen LogP contribution < -0.4 is 10.9 Å². The molecule has 1 aromatic heterocycles. The van der Waals surface area contributed by atoms with E-state index >= 15 is 0 Å². The molecule has 1 aromatic carbocycles. The average Bonchev–Trinajstić information content (AvgIpc) is 2.81. The van der Waals surface area contributed by atoms with E-state index in [0.29, 0.717) is 29.1 Å². The standard InChI is InChI=1S/C17H12F3N3O3/c1-9-11-4-2-3-5-12(11)16(26)23(9)8-14(24)22-13-6-10(17(18,19)20)7-21-15(13)25/h2-7H,1,8H2,(H,21,25)(H,22,24). The average molecular weight is 363 g/mol. The molecule has 2 heterocycles. The van der Waals surface area contributed by atoms with Gasteiger partial charge in [-0.05, 0) is 12.1 Å². The lowest BCUT2D eigenvalue weighted by atomic mass is 10.1. The van der Waals surface area contributed by atoms with Gasteiger partial charge >= 0.3 is 6.18 Å². The number of carbonyl (C=O) groups is 2. The molecule has 0 spiro atoms. The first kappa shape index (κ1) is 17.5. The normalized spacial score (nSPS) is 13.7. The van der Waals surface area contributed by atoms with Gasteiger partial charge in [-0.15, -0.1) is 0 Å². The third-order valence-electron chi connectivity index (χ3n) is 3.85. The number of hydrogen-bond acceptors (Lipinski definition) is 3. The maximum atomic E-state index is 12.7. The highest BCUT2D eigenvalue weighted by Crippen LogP contribution is 2.31. The van der Waals surface area contributed by atoms with Crippen LogP contribution in [0.1, 0.15) is 21.5 Å². The van der Waals surface area contributed by atoms with Crippen LogP contribution in [0.25, 0.3) is 5.70 Å². The molecular weight excluding hydrogens is 351 g/mol. The van der Waals surface area contributed by atoms with Crippen LogP contribution in [0.3, 0.4) is 0 Å². The number of pyridine rings is 1. The minimum atomic E-state index is -4.68. The van der Waals surface area contributed by atoms with Crippen LogP contribution in [0.5, 0.6) is 0 Å². The fraction of sp³-hybridized carbons (Fsp3) is 0.118. The molecule has 0 atom stereocenters. The number of alkyl halides is 3. The number of H-pyrrole nitrogens is 1. The molecule has 9 heteroatoms. The zero-order valence-electron chi connectivity index (χ0n) is 13.2. The van der Waals surface area contributed by atoms with Gasteiger partial charge < -0.3 is 10.3 Å². The fourth-order valence-electron chi connectivity index (χ4n) is 2.58. The van der Waals surface area contributed by atoms with E-state index in [1.807, 2.05) is 4.98 Å². The molecule has 0 bridgehead atoms. The van der Waals surface area contributed by atoms with Crippen molar-refractivity contribution in [2.45, 2.75) is 6.18 Å². The third-order valence-corrected chi connectivity index (χ3v) is 3.85. The van der Waals surface area contributed by atoms with Crippen molar-refractivity contribution < 1.29 is 22.8 Å². The number of hydrogen-bond donors (Lipinski definition) is 2. The lowest BCUT2D eigenvalue weighted by Gasteiger charge is -2.17. The second-order valence-corrected chi connectivity index (χ2v) is 5.56. The molecule has 2 N–H and O–H groups in total. The van der Waals surface area contributed by atoms with Crippen molar-refractivity contribution in [2.75, 3.05) is 11.9 Å². The van der Waals surface area contributed by atoms with E-state index in [-0.39, 0.29) is 0 Å². The van der Waals surface area contributed by atoms with Gasteiger partial charge in [-0.1, -0.05) is 24.8 Å². The number of carbonyl (C=O) groups excluding carboxylic acids is 2. The second-order valence-electron chi connectivity index (χ2n) is 5.56. The minimum Gasteiger partial charge on any atom is -0.327 e. The van der Waals surface area contributed by atoms with E-state index in [1.54, 1.807) is 24.3 Å². The van der Waals surface area contributed by atoms with Crippen LogP contribution in [0.2, 0.25) is 0 Å². The molecule has 3 rings (SSSR count). The number of benzene rings is 1. The highest BCUT2D eigenvalue weighted by atomic mass is 19.4. The lowest BCUT2D eigenvalue weighted by molar-refractivity contribution is -0.137. The lowest BCUT2D eigenvalue weighted by Crippen LogP contribution is -2.34. The van der Waals surface area contributed by atoms with Crippen molar-refractivity contribution >= 4 is 23.2 Å². The quantitative estimate of drug-likeness (QED) is 0.879. The smallest absolute Gasteiger partial charge is 0.327 e. The van der Waals surface area contributed by atoms with Gasteiger partial charge in [0.2, 0.25) is 5.91 Å². The summed E-state index contributed by atoms with van der Waals surface area (Å²) in [6.45, 7) is 3.28. The summed E-state index contributed by atoms with van der Waals surface area (Å²) < 4.78 is 38.2. The topological polar surface area (TPSA) is 82.3 Å². The fourth-order valence-corrected chi connectivity index (χ4v) is 2.58. The molecule has 26 heavy (non-hydrogen) atoms. The Labute approximate surface area is 144 Å². The third kappa shape index (κ3) is 3.10. The molecule has 1 aliphatic rings. The van der Waals surface area contributed by atoms with Crippen molar-refractivity contribution in [2.24, 2.45) is 0 Å². The molecule has 134 valence electrons. The van der Waals surface area contributed by atoms with Crippen molar-refractivity contribution in [3.05, 3.63) is 70.2 Å². The summed E-state index contributed by atoms with van der Waals surface area (Å²) in [7, 11) is 0. The number of anilines is 1. The van der Waals surface area contributed by atoms with E-state index in [1.165, 1.54) is 0 Å². The Kier molecular flexibility index (Phi) is 4.15. The Morgan fingerprint density at radius 2 is 1.85 bits per heavy atom. The summed E-state index contributed by atoms with van der Waals surface area (Å²) in [5.74, 6) is -1.27. The first-order valence-electron chi connectivity index (χ1n) is 7.38.